The first kappa shape index (κ1) is 59.8. The number of aromatic nitrogens is 2. The van der Waals surface area contributed by atoms with Crippen LogP contribution >= 0.6 is 23.1 Å². The first-order valence-corrected chi connectivity index (χ1v) is 30.4. The number of nitrogens with zero attached hydrogens (tertiary/aromatic N) is 6. The summed E-state index contributed by atoms with van der Waals surface area (Å²) in [5, 5.41) is 25.4. The molecule has 4 aliphatic rings. The van der Waals surface area contributed by atoms with E-state index < -0.39 is 17.5 Å². The molecule has 80 heavy (non-hydrogen) atoms. The summed E-state index contributed by atoms with van der Waals surface area (Å²) in [5.74, 6) is 5.02. The molecule has 4 saturated heterocycles. The number of piperidine rings is 2. The number of thioether (sulfide) groups is 1. The summed E-state index contributed by atoms with van der Waals surface area (Å²) in [4.78, 5) is 19.1. The van der Waals surface area contributed by atoms with Gasteiger partial charge in [-0.15, -0.1) is 23.1 Å². The Balaban J connectivity index is 0.000000195. The molecular weight excluding hydrogens is 1060 g/mol. The van der Waals surface area contributed by atoms with Crippen molar-refractivity contribution in [2.75, 3.05) is 125 Å². The third-order valence-corrected chi connectivity index (χ3v) is 19.1. The second-order valence-corrected chi connectivity index (χ2v) is 24.4. The van der Waals surface area contributed by atoms with Gasteiger partial charge in [-0.1, -0.05) is 17.9 Å². The number of likely N-dealkylation sites (tertiary alicyclic amines) is 2. The van der Waals surface area contributed by atoms with Crippen molar-refractivity contribution < 1.29 is 42.3 Å². The van der Waals surface area contributed by atoms with Gasteiger partial charge in [0.1, 0.15) is 17.3 Å². The normalized spacial score (nSPS) is 18.1. The van der Waals surface area contributed by atoms with Crippen molar-refractivity contribution in [3.05, 3.63) is 124 Å². The van der Waals surface area contributed by atoms with Crippen molar-refractivity contribution in [2.24, 2.45) is 10.8 Å². The van der Waals surface area contributed by atoms with E-state index >= 15 is 0 Å². The van der Waals surface area contributed by atoms with Gasteiger partial charge >= 0.3 is 0 Å². The Morgan fingerprint density at radius 2 is 1.19 bits per heavy atom. The number of thiophene rings is 1. The van der Waals surface area contributed by atoms with Gasteiger partial charge in [-0.2, -0.15) is 0 Å². The number of aryl methyl sites for hydroxylation is 2. The number of pyridine rings is 2. The Hall–Kier alpha value is -4.84. The molecule has 3 aromatic heterocycles. The van der Waals surface area contributed by atoms with Gasteiger partial charge in [-0.25, -0.2) is 13.2 Å². The van der Waals surface area contributed by atoms with Crippen LogP contribution in [0.2, 0.25) is 0 Å². The Morgan fingerprint density at radius 1 is 0.662 bits per heavy atom. The zero-order chi connectivity index (χ0) is 55.7. The van der Waals surface area contributed by atoms with Gasteiger partial charge < -0.3 is 34.1 Å². The zero-order valence-corrected chi connectivity index (χ0v) is 48.3. The van der Waals surface area contributed by atoms with Gasteiger partial charge in [0.05, 0.1) is 68.0 Å². The minimum absolute atomic E-state index is 0.0439. The fourth-order valence-electron chi connectivity index (χ4n) is 11.9. The van der Waals surface area contributed by atoms with Crippen LogP contribution in [0.25, 0.3) is 21.8 Å². The highest BCUT2D eigenvalue weighted by molar-refractivity contribution is 8.01. The maximum atomic E-state index is 13.9. The molecule has 0 saturated carbocycles. The molecule has 0 spiro atoms. The van der Waals surface area contributed by atoms with E-state index in [1.54, 1.807) is 14.2 Å². The number of aliphatic hydroxyl groups excluding tert-OH is 2. The Labute approximate surface area is 479 Å². The van der Waals surface area contributed by atoms with E-state index in [-0.39, 0.29) is 29.6 Å². The van der Waals surface area contributed by atoms with Gasteiger partial charge in [-0.3, -0.25) is 24.7 Å². The summed E-state index contributed by atoms with van der Waals surface area (Å²) < 4.78 is 64.4. The number of morpholine rings is 2. The summed E-state index contributed by atoms with van der Waals surface area (Å²) in [6, 6.07) is 18.0. The second-order valence-electron chi connectivity index (χ2n) is 22.0. The molecule has 2 N–H and O–H groups in total. The molecule has 0 atom stereocenters. The number of halogens is 3. The topological polar surface area (TPSA) is 116 Å². The molecule has 10 rings (SSSR count). The molecule has 12 nitrogen and oxygen atoms in total. The fraction of sp³-hybridized carbons (Fsp3) is 0.524. The standard InChI is InChI=1S/C33H38F3N3O3.C30H41N3O3S2/c1-41-27-6-7-31-29(20-27)28(25(21-37-31)22-39-14-16-42-17-15-39)5-2-8-33(23-40)9-12-38(13-10-33)11-3-4-24-18-26(34)19-30(35)32(24)36;1-35-25-6-7-28-27(20-25)26(24(21-31-28)22-33-13-16-36-17-14-33)4-2-8-30(23-34)9-11-32(12-10-30)15-19-38-29-5-3-18-37-29/h6-7,18-21,40H,2,5,8-17,22-23H2,1H3;3,5-7,18,20-21,34H,2,4,8-17,19,22-23H2,1H3. The summed E-state index contributed by atoms with van der Waals surface area (Å²) in [6.45, 7) is 14.1. The summed E-state index contributed by atoms with van der Waals surface area (Å²) in [5.41, 5.74) is 6.77. The molecule has 0 amide bonds. The number of fused-ring (bicyclic) bond motifs is 2. The van der Waals surface area contributed by atoms with Crippen LogP contribution in [0.5, 0.6) is 11.5 Å². The average Bonchev–Trinajstić information content (AvgIpc) is 4.03. The average molecular weight is 1140 g/mol. The van der Waals surface area contributed by atoms with Crippen LogP contribution in [0.15, 0.2) is 82.6 Å². The lowest BCUT2D eigenvalue weighted by atomic mass is 9.75. The highest BCUT2D eigenvalue weighted by Crippen LogP contribution is 2.39. The largest absolute Gasteiger partial charge is 0.497 e. The fourth-order valence-corrected chi connectivity index (χ4v) is 13.7. The molecule has 0 unspecified atom stereocenters. The van der Waals surface area contributed by atoms with Crippen molar-refractivity contribution >= 4 is 44.9 Å². The minimum Gasteiger partial charge on any atom is -0.497 e. The number of methoxy groups -OCH3 is 2. The molecule has 0 bridgehead atoms. The van der Waals surface area contributed by atoms with Crippen LogP contribution in [-0.2, 0) is 35.4 Å². The monoisotopic (exact) mass is 1140 g/mol. The number of aliphatic hydroxyl groups is 2. The molecule has 430 valence electrons. The van der Waals surface area contributed by atoms with E-state index in [9.17, 15) is 23.4 Å². The lowest BCUT2D eigenvalue weighted by Crippen LogP contribution is -2.42. The summed E-state index contributed by atoms with van der Waals surface area (Å²) in [6.07, 6.45) is 13.7. The lowest BCUT2D eigenvalue weighted by molar-refractivity contribution is 0.0338. The van der Waals surface area contributed by atoms with Crippen molar-refractivity contribution in [3.8, 4) is 23.3 Å². The number of rotatable bonds is 21. The van der Waals surface area contributed by atoms with Crippen LogP contribution in [-0.4, -0.2) is 165 Å². The number of ether oxygens (including phenoxy) is 4. The van der Waals surface area contributed by atoms with E-state index in [1.165, 1.54) is 31.8 Å². The first-order chi connectivity index (χ1) is 39.1. The van der Waals surface area contributed by atoms with Crippen molar-refractivity contribution in [3.63, 3.8) is 0 Å². The van der Waals surface area contributed by atoms with Crippen molar-refractivity contribution in [1.29, 1.82) is 0 Å². The van der Waals surface area contributed by atoms with E-state index in [4.69, 9.17) is 28.9 Å². The number of hydrogen-bond acceptors (Lipinski definition) is 14. The van der Waals surface area contributed by atoms with Gasteiger partial charge in [0, 0.05) is 94.0 Å². The zero-order valence-electron chi connectivity index (χ0n) is 46.7. The van der Waals surface area contributed by atoms with E-state index in [2.05, 4.69) is 73.3 Å². The summed E-state index contributed by atoms with van der Waals surface area (Å²) in [7, 11) is 3.40. The molecular formula is C63H79F3N6O6S2. The quantitative estimate of drug-likeness (QED) is 0.0405. The number of hydrogen-bond donors (Lipinski definition) is 2. The third-order valence-electron chi connectivity index (χ3n) is 17.0. The summed E-state index contributed by atoms with van der Waals surface area (Å²) >= 11 is 3.78. The maximum Gasteiger partial charge on any atom is 0.174 e. The predicted octanol–water partition coefficient (Wildman–Crippen LogP) is 10.3. The molecule has 7 heterocycles. The van der Waals surface area contributed by atoms with Crippen LogP contribution in [0.4, 0.5) is 13.2 Å². The number of benzene rings is 3. The lowest BCUT2D eigenvalue weighted by Gasteiger charge is -2.41. The van der Waals surface area contributed by atoms with Crippen LogP contribution < -0.4 is 9.47 Å². The minimum atomic E-state index is -1.24. The molecule has 6 aromatic rings. The Kier molecular flexibility index (Phi) is 22.0. The van der Waals surface area contributed by atoms with Crippen LogP contribution in [0, 0.1) is 40.1 Å². The van der Waals surface area contributed by atoms with Gasteiger partial charge in [0.25, 0.3) is 0 Å². The SMILES string of the molecule is COc1ccc2ncc(CN3CCOCC3)c(CCCC3(CO)CCN(CC#Cc4cc(F)cc(F)c4F)CC3)c2c1.COc1ccc2ncc(CN3CCOCC3)c(CCCC3(CO)CCN(CCSc4cccs4)CC3)c2c1. The van der Waals surface area contributed by atoms with Gasteiger partial charge in [0.2, 0.25) is 0 Å². The molecule has 4 fully saturated rings. The molecule has 3 aromatic carbocycles. The highest BCUT2D eigenvalue weighted by Gasteiger charge is 2.35. The molecule has 17 heteroatoms. The smallest absolute Gasteiger partial charge is 0.174 e. The van der Waals surface area contributed by atoms with Crippen LogP contribution in [0.3, 0.4) is 0 Å². The second kappa shape index (κ2) is 29.4. The third kappa shape index (κ3) is 16.0. The van der Waals surface area contributed by atoms with Crippen LogP contribution in [0.1, 0.15) is 79.2 Å². The first-order valence-electron chi connectivity index (χ1n) is 28.5. The highest BCUT2D eigenvalue weighted by atomic mass is 32.2. The predicted molar refractivity (Wildman–Crippen MR) is 313 cm³/mol. The Bertz CT molecular complexity index is 2990. The molecule has 0 aliphatic carbocycles. The van der Waals surface area contributed by atoms with Crippen molar-refractivity contribution in [2.45, 2.75) is 81.5 Å². The Morgan fingerprint density at radius 3 is 1.68 bits per heavy atom. The van der Waals surface area contributed by atoms with Crippen molar-refractivity contribution in [1.82, 2.24) is 29.6 Å². The van der Waals surface area contributed by atoms with E-state index in [1.807, 2.05) is 47.5 Å². The van der Waals surface area contributed by atoms with E-state index in [0.717, 1.165) is 202 Å². The van der Waals surface area contributed by atoms with Gasteiger partial charge in [-0.05, 0) is 177 Å². The molecule has 0 radical (unpaired) electrons. The maximum absolute atomic E-state index is 13.9. The molecule has 4 aliphatic heterocycles. The van der Waals surface area contributed by atoms with Gasteiger partial charge in [0.15, 0.2) is 11.6 Å². The van der Waals surface area contributed by atoms with E-state index in [0.29, 0.717) is 12.6 Å².